The van der Waals surface area contributed by atoms with Crippen LogP contribution in [0.15, 0.2) is 47.4 Å². The van der Waals surface area contributed by atoms with Crippen LogP contribution >= 0.6 is 11.6 Å². The molecule has 0 aliphatic rings. The molecular formula is C17H19ClN2O3S. The van der Waals surface area contributed by atoms with Crippen LogP contribution in [-0.4, -0.2) is 14.3 Å². The lowest BCUT2D eigenvalue weighted by Gasteiger charge is -2.11. The summed E-state index contributed by atoms with van der Waals surface area (Å²) in [4.78, 5) is 12.0. The van der Waals surface area contributed by atoms with Crippen LogP contribution in [0.2, 0.25) is 5.02 Å². The number of carbonyl (C=O) groups is 1. The largest absolute Gasteiger partial charge is 0.322 e. The molecule has 0 fully saturated rings. The maximum Gasteiger partial charge on any atom is 0.255 e. The van der Waals surface area contributed by atoms with E-state index in [1.54, 1.807) is 0 Å². The van der Waals surface area contributed by atoms with E-state index in [4.69, 9.17) is 16.7 Å². The van der Waals surface area contributed by atoms with E-state index in [1.165, 1.54) is 23.8 Å². The van der Waals surface area contributed by atoms with Crippen LogP contribution < -0.4 is 10.5 Å². The van der Waals surface area contributed by atoms with Gasteiger partial charge in [0.1, 0.15) is 4.90 Å². The third kappa shape index (κ3) is 4.35. The number of rotatable bonds is 5. The van der Waals surface area contributed by atoms with Gasteiger partial charge in [-0.3, -0.25) is 4.79 Å². The molecule has 2 rings (SSSR count). The average Bonchev–Trinajstić information content (AvgIpc) is 2.54. The summed E-state index contributed by atoms with van der Waals surface area (Å²) in [6.45, 7) is 4.25. The fourth-order valence-electron chi connectivity index (χ4n) is 2.20. The molecule has 2 aromatic rings. The Bertz CT molecular complexity index is 849. The van der Waals surface area contributed by atoms with Crippen LogP contribution in [0.3, 0.4) is 0 Å². The fraction of sp³-hybridized carbons (Fsp3) is 0.235. The maximum absolute atomic E-state index is 12.3. The molecule has 0 aliphatic carbocycles. The summed E-state index contributed by atoms with van der Waals surface area (Å²) >= 11 is 5.82. The number of anilines is 1. The lowest BCUT2D eigenvalue weighted by Crippen LogP contribution is -2.16. The van der Waals surface area contributed by atoms with Crippen molar-refractivity contribution >= 4 is 33.2 Å². The Morgan fingerprint density at radius 2 is 1.83 bits per heavy atom. The first-order chi connectivity index (χ1) is 11.2. The molecule has 1 atom stereocenters. The zero-order valence-corrected chi connectivity index (χ0v) is 15.0. The van der Waals surface area contributed by atoms with Gasteiger partial charge < -0.3 is 5.32 Å². The van der Waals surface area contributed by atoms with Gasteiger partial charge >= 0.3 is 0 Å². The van der Waals surface area contributed by atoms with Crippen molar-refractivity contribution in [2.75, 3.05) is 5.32 Å². The predicted molar refractivity (Wildman–Crippen MR) is 95.9 cm³/mol. The molecule has 128 valence electrons. The lowest BCUT2D eigenvalue weighted by atomic mass is 9.98. The van der Waals surface area contributed by atoms with Gasteiger partial charge in [-0.05, 0) is 48.2 Å². The standard InChI is InChI=1S/C17H19ClN2O3S/c1-3-11(2)12-4-7-14(8-5-12)20-17(21)13-6-9-15(18)16(10-13)24(19,22)23/h4-11H,3H2,1-2H3,(H,20,21)(H2,19,22,23)/t11-/m1/s1. The van der Waals surface area contributed by atoms with Gasteiger partial charge in [0.05, 0.1) is 5.02 Å². The van der Waals surface area contributed by atoms with E-state index in [1.807, 2.05) is 24.3 Å². The first-order valence-corrected chi connectivity index (χ1v) is 9.38. The van der Waals surface area contributed by atoms with Crippen molar-refractivity contribution in [2.24, 2.45) is 5.14 Å². The van der Waals surface area contributed by atoms with E-state index >= 15 is 0 Å². The summed E-state index contributed by atoms with van der Waals surface area (Å²) in [5, 5.41) is 7.79. The highest BCUT2D eigenvalue weighted by Gasteiger charge is 2.16. The first kappa shape index (κ1) is 18.4. The molecule has 0 saturated carbocycles. The van der Waals surface area contributed by atoms with Gasteiger partial charge in [0.2, 0.25) is 10.0 Å². The van der Waals surface area contributed by atoms with E-state index in [0.717, 1.165) is 6.42 Å². The molecular weight excluding hydrogens is 348 g/mol. The molecule has 7 heteroatoms. The third-order valence-electron chi connectivity index (χ3n) is 3.85. The molecule has 0 radical (unpaired) electrons. The summed E-state index contributed by atoms with van der Waals surface area (Å²) in [5.74, 6) is 0.0104. The Labute approximate surface area is 146 Å². The molecule has 0 aliphatic heterocycles. The smallest absolute Gasteiger partial charge is 0.255 e. The number of benzene rings is 2. The molecule has 0 bridgehead atoms. The Kier molecular flexibility index (Phi) is 5.64. The number of halogens is 1. The molecule has 0 aromatic heterocycles. The van der Waals surface area contributed by atoms with E-state index in [0.29, 0.717) is 11.6 Å². The van der Waals surface area contributed by atoms with E-state index in [-0.39, 0.29) is 15.5 Å². The molecule has 3 N–H and O–H groups in total. The van der Waals surface area contributed by atoms with Gasteiger partial charge in [0.15, 0.2) is 0 Å². The number of sulfonamides is 1. The molecule has 0 unspecified atom stereocenters. The fourth-order valence-corrected chi connectivity index (χ4v) is 3.27. The van der Waals surface area contributed by atoms with Crippen molar-refractivity contribution in [1.29, 1.82) is 0 Å². The van der Waals surface area contributed by atoms with Crippen molar-refractivity contribution in [3.63, 3.8) is 0 Å². The second-order valence-electron chi connectivity index (χ2n) is 5.58. The Morgan fingerprint density at radius 3 is 2.38 bits per heavy atom. The predicted octanol–water partition coefficient (Wildman–Crippen LogP) is 3.75. The van der Waals surface area contributed by atoms with Gasteiger partial charge in [0, 0.05) is 11.3 Å². The number of nitrogens with one attached hydrogen (secondary N) is 1. The van der Waals surface area contributed by atoms with Crippen molar-refractivity contribution < 1.29 is 13.2 Å². The highest BCUT2D eigenvalue weighted by molar-refractivity contribution is 7.89. The number of hydrogen-bond donors (Lipinski definition) is 2. The highest BCUT2D eigenvalue weighted by Crippen LogP contribution is 2.23. The molecule has 5 nitrogen and oxygen atoms in total. The van der Waals surface area contributed by atoms with Crippen LogP contribution in [0.1, 0.15) is 42.1 Å². The van der Waals surface area contributed by atoms with Gasteiger partial charge in [0.25, 0.3) is 5.91 Å². The molecule has 0 spiro atoms. The summed E-state index contributed by atoms with van der Waals surface area (Å²) in [6, 6.07) is 11.5. The summed E-state index contributed by atoms with van der Waals surface area (Å²) < 4.78 is 23.0. The maximum atomic E-state index is 12.3. The zero-order valence-electron chi connectivity index (χ0n) is 13.4. The lowest BCUT2D eigenvalue weighted by molar-refractivity contribution is 0.102. The Morgan fingerprint density at radius 1 is 1.21 bits per heavy atom. The number of amides is 1. The van der Waals surface area contributed by atoms with Crippen molar-refractivity contribution in [3.05, 3.63) is 58.6 Å². The third-order valence-corrected chi connectivity index (χ3v) is 5.24. The van der Waals surface area contributed by atoms with E-state index < -0.39 is 15.9 Å². The van der Waals surface area contributed by atoms with Gasteiger partial charge in [-0.15, -0.1) is 0 Å². The molecule has 1 amide bonds. The summed E-state index contributed by atoms with van der Waals surface area (Å²) in [6.07, 6.45) is 1.03. The minimum Gasteiger partial charge on any atom is -0.322 e. The first-order valence-electron chi connectivity index (χ1n) is 7.46. The van der Waals surface area contributed by atoms with Crippen LogP contribution in [-0.2, 0) is 10.0 Å². The highest BCUT2D eigenvalue weighted by atomic mass is 35.5. The quantitative estimate of drug-likeness (QED) is 0.844. The zero-order chi connectivity index (χ0) is 17.9. The second kappa shape index (κ2) is 7.34. The van der Waals surface area contributed by atoms with Gasteiger partial charge in [-0.1, -0.05) is 37.6 Å². The number of carbonyl (C=O) groups excluding carboxylic acids is 1. The van der Waals surface area contributed by atoms with Crippen LogP contribution in [0, 0.1) is 0 Å². The minimum atomic E-state index is -3.99. The minimum absolute atomic E-state index is 0.0213. The van der Waals surface area contributed by atoms with Crippen LogP contribution in [0.5, 0.6) is 0 Å². The monoisotopic (exact) mass is 366 g/mol. The van der Waals surface area contributed by atoms with E-state index in [2.05, 4.69) is 19.2 Å². The van der Waals surface area contributed by atoms with Crippen LogP contribution in [0.4, 0.5) is 5.69 Å². The average molecular weight is 367 g/mol. The Balaban J connectivity index is 2.21. The van der Waals surface area contributed by atoms with Crippen molar-refractivity contribution in [2.45, 2.75) is 31.1 Å². The molecule has 2 aromatic carbocycles. The molecule has 24 heavy (non-hydrogen) atoms. The van der Waals surface area contributed by atoms with Gasteiger partial charge in [-0.25, -0.2) is 13.6 Å². The normalized spacial score (nSPS) is 12.7. The Hall–Kier alpha value is -1.89. The van der Waals surface area contributed by atoms with Crippen LogP contribution in [0.25, 0.3) is 0 Å². The summed E-state index contributed by atoms with van der Waals surface area (Å²) in [7, 11) is -3.99. The molecule has 0 saturated heterocycles. The second-order valence-corrected chi connectivity index (χ2v) is 7.51. The van der Waals surface area contributed by atoms with E-state index in [9.17, 15) is 13.2 Å². The SMILES string of the molecule is CC[C@@H](C)c1ccc(NC(=O)c2ccc(Cl)c(S(N)(=O)=O)c2)cc1. The topological polar surface area (TPSA) is 89.3 Å². The summed E-state index contributed by atoms with van der Waals surface area (Å²) in [5.41, 5.74) is 1.98. The van der Waals surface area contributed by atoms with Crippen molar-refractivity contribution in [3.8, 4) is 0 Å². The van der Waals surface area contributed by atoms with Gasteiger partial charge in [-0.2, -0.15) is 0 Å². The van der Waals surface area contributed by atoms with Crippen molar-refractivity contribution in [1.82, 2.24) is 0 Å². The number of primary sulfonamides is 1. The molecule has 0 heterocycles. The number of nitrogens with two attached hydrogens (primary N) is 1. The number of hydrogen-bond acceptors (Lipinski definition) is 3.